The maximum Gasteiger partial charge on any atom is 0.220 e. The lowest BCUT2D eigenvalue weighted by Gasteiger charge is -2.25. The van der Waals surface area contributed by atoms with Crippen LogP contribution in [0.15, 0.2) is 18.2 Å². The zero-order chi connectivity index (χ0) is 20.3. The summed E-state index contributed by atoms with van der Waals surface area (Å²) in [7, 11) is 0. The number of unbranched alkanes of at least 4 members (excludes halogenated alkanes) is 5. The molecule has 0 aromatic heterocycles. The number of fused-ring (bicyclic) bond motifs is 1. The molecule has 1 aromatic rings. The van der Waals surface area contributed by atoms with Crippen molar-refractivity contribution in [3.8, 4) is 11.5 Å². The number of nitrogens with zero attached hydrogens (tertiary/aromatic N) is 1. The summed E-state index contributed by atoms with van der Waals surface area (Å²) in [6, 6.07) is 6.31. The highest BCUT2D eigenvalue weighted by molar-refractivity contribution is 5.76. The second-order valence-corrected chi connectivity index (χ2v) is 8.47. The van der Waals surface area contributed by atoms with Gasteiger partial charge in [0.2, 0.25) is 5.91 Å². The Balaban J connectivity index is 1.51. The molecule has 1 aromatic carbocycles. The fourth-order valence-electron chi connectivity index (χ4n) is 4.30. The molecular formula is C24H38N2O3. The number of hydrogen-bond donors (Lipinski definition) is 1. The first-order chi connectivity index (χ1) is 14.2. The van der Waals surface area contributed by atoms with Gasteiger partial charge in [-0.15, -0.1) is 0 Å². The van der Waals surface area contributed by atoms with E-state index in [1.54, 1.807) is 0 Å². The highest BCUT2D eigenvalue weighted by Gasteiger charge is 2.21. The average molecular weight is 403 g/mol. The van der Waals surface area contributed by atoms with Gasteiger partial charge in [0.1, 0.15) is 13.2 Å². The third kappa shape index (κ3) is 7.54. The van der Waals surface area contributed by atoms with Crippen molar-refractivity contribution in [1.82, 2.24) is 10.2 Å². The third-order valence-electron chi connectivity index (χ3n) is 5.89. The van der Waals surface area contributed by atoms with Crippen LogP contribution in [-0.2, 0) is 11.2 Å². The molecule has 29 heavy (non-hydrogen) atoms. The van der Waals surface area contributed by atoms with Crippen LogP contribution < -0.4 is 14.8 Å². The van der Waals surface area contributed by atoms with Crippen LogP contribution in [0, 0.1) is 0 Å². The van der Waals surface area contributed by atoms with E-state index in [1.807, 2.05) is 6.07 Å². The second kappa shape index (κ2) is 12.1. The molecule has 2 heterocycles. The van der Waals surface area contributed by atoms with Gasteiger partial charge in [-0.1, -0.05) is 45.1 Å². The molecule has 1 saturated heterocycles. The molecule has 2 aliphatic heterocycles. The number of amides is 1. The number of likely N-dealkylation sites (tertiary alicyclic amines) is 1. The predicted molar refractivity (Wildman–Crippen MR) is 117 cm³/mol. The zero-order valence-corrected chi connectivity index (χ0v) is 18.1. The summed E-state index contributed by atoms with van der Waals surface area (Å²) in [5, 5.41) is 3.32. The summed E-state index contributed by atoms with van der Waals surface area (Å²) in [4.78, 5) is 15.0. The van der Waals surface area contributed by atoms with E-state index in [2.05, 4.69) is 29.3 Å². The third-order valence-corrected chi connectivity index (χ3v) is 5.89. The van der Waals surface area contributed by atoms with Crippen molar-refractivity contribution in [1.29, 1.82) is 0 Å². The Morgan fingerprint density at radius 2 is 1.76 bits per heavy atom. The SMILES string of the molecule is CCCCCCCCC(=O)NC(Cc1ccc2c(c1)OCCO2)CN1CCCC1. The number of nitrogens with one attached hydrogen (secondary N) is 1. The fourth-order valence-corrected chi connectivity index (χ4v) is 4.30. The van der Waals surface area contributed by atoms with Gasteiger partial charge in [0, 0.05) is 19.0 Å². The van der Waals surface area contributed by atoms with Gasteiger partial charge in [-0.25, -0.2) is 0 Å². The molecule has 0 saturated carbocycles. The van der Waals surface area contributed by atoms with E-state index in [9.17, 15) is 4.79 Å². The highest BCUT2D eigenvalue weighted by Crippen LogP contribution is 2.31. The summed E-state index contributed by atoms with van der Waals surface area (Å²) in [6.45, 7) is 6.66. The first-order valence-electron chi connectivity index (χ1n) is 11.6. The summed E-state index contributed by atoms with van der Waals surface area (Å²) in [5.41, 5.74) is 1.19. The summed E-state index contributed by atoms with van der Waals surface area (Å²) in [6.07, 6.45) is 11.3. The maximum absolute atomic E-state index is 12.6. The van der Waals surface area contributed by atoms with Gasteiger partial charge < -0.3 is 19.7 Å². The molecule has 5 heteroatoms. The van der Waals surface area contributed by atoms with E-state index >= 15 is 0 Å². The number of carbonyl (C=O) groups is 1. The van der Waals surface area contributed by atoms with Crippen LogP contribution >= 0.6 is 0 Å². The number of benzene rings is 1. The van der Waals surface area contributed by atoms with E-state index in [0.717, 1.165) is 50.4 Å². The van der Waals surface area contributed by atoms with Crippen LogP contribution in [-0.4, -0.2) is 49.7 Å². The summed E-state index contributed by atoms with van der Waals surface area (Å²) < 4.78 is 11.4. The van der Waals surface area contributed by atoms with Gasteiger partial charge in [-0.3, -0.25) is 4.79 Å². The quantitative estimate of drug-likeness (QED) is 0.529. The molecule has 0 bridgehead atoms. The molecule has 162 valence electrons. The normalized spacial score (nSPS) is 17.3. The Bertz CT molecular complexity index is 629. The van der Waals surface area contributed by atoms with Gasteiger partial charge in [-0.05, 0) is 56.5 Å². The standard InChI is InChI=1S/C24H38N2O3/c1-2-3-4-5-6-7-10-24(27)25-21(19-26-13-8-9-14-26)17-20-11-12-22-23(18-20)29-16-15-28-22/h11-12,18,21H,2-10,13-17,19H2,1H3,(H,25,27). The number of rotatable bonds is 12. The first-order valence-corrected chi connectivity index (χ1v) is 11.6. The average Bonchev–Trinajstić information content (AvgIpc) is 3.23. The molecule has 0 radical (unpaired) electrons. The molecular weight excluding hydrogens is 364 g/mol. The Labute approximate surface area is 176 Å². The van der Waals surface area contributed by atoms with E-state index in [4.69, 9.17) is 9.47 Å². The Hall–Kier alpha value is -1.75. The molecule has 1 fully saturated rings. The van der Waals surface area contributed by atoms with Crippen LogP contribution in [0.5, 0.6) is 11.5 Å². The number of carbonyl (C=O) groups excluding carboxylic acids is 1. The van der Waals surface area contributed by atoms with Crippen LogP contribution in [0.1, 0.15) is 70.3 Å². The van der Waals surface area contributed by atoms with Gasteiger partial charge in [0.05, 0.1) is 0 Å². The Morgan fingerprint density at radius 1 is 1.03 bits per heavy atom. The van der Waals surface area contributed by atoms with E-state index < -0.39 is 0 Å². The Morgan fingerprint density at radius 3 is 2.55 bits per heavy atom. The van der Waals surface area contributed by atoms with E-state index in [-0.39, 0.29) is 11.9 Å². The topological polar surface area (TPSA) is 50.8 Å². The smallest absolute Gasteiger partial charge is 0.220 e. The molecule has 0 spiro atoms. The molecule has 1 amide bonds. The zero-order valence-electron chi connectivity index (χ0n) is 18.1. The molecule has 1 atom stereocenters. The fraction of sp³-hybridized carbons (Fsp3) is 0.708. The lowest BCUT2D eigenvalue weighted by Crippen LogP contribution is -2.44. The highest BCUT2D eigenvalue weighted by atomic mass is 16.6. The lowest BCUT2D eigenvalue weighted by atomic mass is 10.0. The van der Waals surface area contributed by atoms with Crippen molar-refractivity contribution in [3.05, 3.63) is 23.8 Å². The summed E-state index contributed by atoms with van der Waals surface area (Å²) >= 11 is 0. The van der Waals surface area contributed by atoms with Crippen molar-refractivity contribution in [2.24, 2.45) is 0 Å². The van der Waals surface area contributed by atoms with Gasteiger partial charge >= 0.3 is 0 Å². The van der Waals surface area contributed by atoms with Crippen molar-refractivity contribution >= 4 is 5.91 Å². The molecule has 3 rings (SSSR count). The minimum Gasteiger partial charge on any atom is -0.486 e. The minimum atomic E-state index is 0.142. The molecule has 5 nitrogen and oxygen atoms in total. The molecule has 2 aliphatic rings. The van der Waals surface area contributed by atoms with E-state index in [0.29, 0.717) is 19.6 Å². The van der Waals surface area contributed by atoms with Gasteiger partial charge in [0.15, 0.2) is 11.5 Å². The second-order valence-electron chi connectivity index (χ2n) is 8.47. The van der Waals surface area contributed by atoms with Crippen LogP contribution in [0.25, 0.3) is 0 Å². The Kier molecular flexibility index (Phi) is 9.13. The maximum atomic E-state index is 12.6. The predicted octanol–water partition coefficient (Wildman–Crippen LogP) is 4.33. The van der Waals surface area contributed by atoms with Crippen LogP contribution in [0.3, 0.4) is 0 Å². The van der Waals surface area contributed by atoms with Crippen LogP contribution in [0.2, 0.25) is 0 Å². The van der Waals surface area contributed by atoms with E-state index in [1.165, 1.54) is 44.1 Å². The largest absolute Gasteiger partial charge is 0.486 e. The molecule has 0 aliphatic carbocycles. The van der Waals surface area contributed by atoms with Crippen molar-refractivity contribution in [3.63, 3.8) is 0 Å². The van der Waals surface area contributed by atoms with Gasteiger partial charge in [-0.2, -0.15) is 0 Å². The first kappa shape index (κ1) is 21.9. The molecule has 1 unspecified atom stereocenters. The minimum absolute atomic E-state index is 0.142. The van der Waals surface area contributed by atoms with Crippen molar-refractivity contribution in [2.75, 3.05) is 32.8 Å². The number of ether oxygens (including phenoxy) is 2. The van der Waals surface area contributed by atoms with Crippen LogP contribution in [0.4, 0.5) is 0 Å². The molecule has 1 N–H and O–H groups in total. The van der Waals surface area contributed by atoms with Crippen molar-refractivity contribution in [2.45, 2.75) is 77.2 Å². The van der Waals surface area contributed by atoms with Gasteiger partial charge in [0.25, 0.3) is 0 Å². The lowest BCUT2D eigenvalue weighted by molar-refractivity contribution is -0.122. The monoisotopic (exact) mass is 402 g/mol. The summed E-state index contributed by atoms with van der Waals surface area (Å²) in [5.74, 6) is 1.84. The van der Waals surface area contributed by atoms with Crippen molar-refractivity contribution < 1.29 is 14.3 Å². The number of hydrogen-bond acceptors (Lipinski definition) is 4.